The number of halogens is 3. The second kappa shape index (κ2) is 6.73. The van der Waals surface area contributed by atoms with Crippen LogP contribution in [-0.4, -0.2) is 31.2 Å². The van der Waals surface area contributed by atoms with Gasteiger partial charge in [-0.05, 0) is 31.0 Å². The van der Waals surface area contributed by atoms with E-state index in [0.717, 1.165) is 25.7 Å². The highest BCUT2D eigenvalue weighted by atomic mass is 79.9. The van der Waals surface area contributed by atoms with E-state index in [2.05, 4.69) is 15.9 Å². The van der Waals surface area contributed by atoms with Gasteiger partial charge in [0.25, 0.3) is 0 Å². The number of alkyl halides is 1. The largest absolute Gasteiger partial charge is 0.246 e. The Labute approximate surface area is 132 Å². The van der Waals surface area contributed by atoms with Crippen molar-refractivity contribution in [3.05, 3.63) is 28.5 Å². The Morgan fingerprint density at radius 1 is 1.35 bits per heavy atom. The first-order valence-electron chi connectivity index (χ1n) is 6.49. The van der Waals surface area contributed by atoms with Gasteiger partial charge in [0, 0.05) is 22.9 Å². The van der Waals surface area contributed by atoms with E-state index < -0.39 is 15.8 Å². The molecule has 3 nitrogen and oxygen atoms in total. The highest BCUT2D eigenvalue weighted by molar-refractivity contribution is 9.10. The Morgan fingerprint density at radius 2 is 2.10 bits per heavy atom. The maximum absolute atomic E-state index is 14.0. The van der Waals surface area contributed by atoms with Crippen LogP contribution in [0.4, 0.5) is 4.39 Å². The lowest BCUT2D eigenvalue weighted by molar-refractivity contribution is 0.343. The van der Waals surface area contributed by atoms with Gasteiger partial charge in [-0.3, -0.25) is 0 Å². The average Bonchev–Trinajstić information content (AvgIpc) is 2.63. The minimum absolute atomic E-state index is 0.234. The topological polar surface area (TPSA) is 37.4 Å². The van der Waals surface area contributed by atoms with Crippen molar-refractivity contribution in [3.63, 3.8) is 0 Å². The van der Waals surface area contributed by atoms with Gasteiger partial charge in [-0.2, -0.15) is 4.31 Å². The van der Waals surface area contributed by atoms with Gasteiger partial charge < -0.3 is 0 Å². The first-order chi connectivity index (χ1) is 9.46. The Hall–Kier alpha value is -0.170. The van der Waals surface area contributed by atoms with Crippen molar-refractivity contribution in [2.24, 2.45) is 0 Å². The third-order valence-corrected chi connectivity index (χ3v) is 6.32. The van der Waals surface area contributed by atoms with E-state index in [4.69, 9.17) is 11.6 Å². The van der Waals surface area contributed by atoms with Gasteiger partial charge in [0.05, 0.1) is 0 Å². The van der Waals surface area contributed by atoms with Crippen molar-refractivity contribution >= 4 is 37.6 Å². The van der Waals surface area contributed by atoms with E-state index in [1.54, 1.807) is 0 Å². The molecule has 0 spiro atoms. The molecule has 2 rings (SSSR count). The molecule has 7 heteroatoms. The molecule has 1 aromatic carbocycles. The minimum Gasteiger partial charge on any atom is -0.207 e. The first-order valence-corrected chi connectivity index (χ1v) is 9.26. The van der Waals surface area contributed by atoms with Gasteiger partial charge in [0.15, 0.2) is 0 Å². The van der Waals surface area contributed by atoms with Gasteiger partial charge in [0.1, 0.15) is 10.7 Å². The summed E-state index contributed by atoms with van der Waals surface area (Å²) in [5.74, 6) is -0.505. The minimum atomic E-state index is -3.84. The van der Waals surface area contributed by atoms with E-state index in [0.29, 0.717) is 11.0 Å². The molecule has 1 saturated heterocycles. The fraction of sp³-hybridized carbons (Fsp3) is 0.538. The highest BCUT2D eigenvalue weighted by Gasteiger charge is 2.33. The van der Waals surface area contributed by atoms with Crippen LogP contribution >= 0.6 is 27.5 Å². The fourth-order valence-corrected chi connectivity index (χ4v) is 4.91. The van der Waals surface area contributed by atoms with Crippen LogP contribution < -0.4 is 0 Å². The van der Waals surface area contributed by atoms with Crippen LogP contribution in [0.25, 0.3) is 0 Å². The molecule has 1 heterocycles. The number of nitrogens with zero attached hydrogens (tertiary/aromatic N) is 1. The van der Waals surface area contributed by atoms with Crippen LogP contribution in [0.15, 0.2) is 27.6 Å². The number of hydrogen-bond acceptors (Lipinski definition) is 2. The van der Waals surface area contributed by atoms with Crippen molar-refractivity contribution in [1.29, 1.82) is 0 Å². The lowest BCUT2D eigenvalue weighted by Gasteiger charge is -2.27. The molecule has 0 bridgehead atoms. The molecular formula is C13H16BrClFNO2S. The molecule has 20 heavy (non-hydrogen) atoms. The summed E-state index contributed by atoms with van der Waals surface area (Å²) in [5, 5.41) is 0. The van der Waals surface area contributed by atoms with E-state index >= 15 is 0 Å². The molecule has 112 valence electrons. The second-order valence-electron chi connectivity index (χ2n) is 4.85. The monoisotopic (exact) mass is 383 g/mol. The number of benzene rings is 1. The molecule has 0 amide bonds. The molecule has 0 radical (unpaired) electrons. The highest BCUT2D eigenvalue weighted by Crippen LogP contribution is 2.28. The quantitative estimate of drug-likeness (QED) is 0.744. The number of rotatable bonds is 3. The predicted molar refractivity (Wildman–Crippen MR) is 81.0 cm³/mol. The van der Waals surface area contributed by atoms with Crippen molar-refractivity contribution in [3.8, 4) is 0 Å². The lowest BCUT2D eigenvalue weighted by Crippen LogP contribution is -2.41. The Kier molecular flexibility index (Phi) is 5.45. The predicted octanol–water partition coefficient (Wildman–Crippen LogP) is 3.76. The van der Waals surface area contributed by atoms with Crippen molar-refractivity contribution in [2.75, 3.05) is 12.4 Å². The third kappa shape index (κ3) is 3.35. The molecule has 0 aliphatic carbocycles. The standard InChI is InChI=1S/C13H16BrClFNO2S/c14-10-5-6-13(12(16)8-10)20(18,19)17-7-3-1-2-4-11(17)9-15/h5-6,8,11H,1-4,7,9H2. The zero-order chi connectivity index (χ0) is 14.8. The zero-order valence-electron chi connectivity index (χ0n) is 10.9. The zero-order valence-corrected chi connectivity index (χ0v) is 14.0. The summed E-state index contributed by atoms with van der Waals surface area (Å²) in [5.41, 5.74) is 0. The lowest BCUT2D eigenvalue weighted by atomic mass is 10.1. The van der Waals surface area contributed by atoms with Crippen LogP contribution in [0.2, 0.25) is 0 Å². The fourth-order valence-electron chi connectivity index (χ4n) is 2.43. The number of hydrogen-bond donors (Lipinski definition) is 0. The van der Waals surface area contributed by atoms with Crippen LogP contribution in [-0.2, 0) is 10.0 Å². The smallest absolute Gasteiger partial charge is 0.207 e. The summed E-state index contributed by atoms with van der Waals surface area (Å²) in [6.45, 7) is 0.398. The van der Waals surface area contributed by atoms with Crippen LogP contribution in [0.5, 0.6) is 0 Å². The second-order valence-corrected chi connectivity index (χ2v) is 7.93. The molecule has 1 aromatic rings. The SMILES string of the molecule is O=S(=O)(c1ccc(Br)cc1F)N1CCCCCC1CCl. The van der Waals surface area contributed by atoms with Crippen LogP contribution in [0, 0.1) is 5.82 Å². The van der Waals surface area contributed by atoms with Gasteiger partial charge in [-0.15, -0.1) is 11.6 Å². The maximum Gasteiger partial charge on any atom is 0.246 e. The Bertz CT molecular complexity index is 582. The van der Waals surface area contributed by atoms with E-state index in [9.17, 15) is 12.8 Å². The van der Waals surface area contributed by atoms with Gasteiger partial charge >= 0.3 is 0 Å². The molecule has 0 saturated carbocycles. The summed E-state index contributed by atoms with van der Waals surface area (Å²) in [6.07, 6.45) is 3.43. The summed E-state index contributed by atoms with van der Waals surface area (Å²) in [4.78, 5) is -0.280. The molecule has 0 N–H and O–H groups in total. The van der Waals surface area contributed by atoms with Crippen molar-refractivity contribution in [1.82, 2.24) is 4.31 Å². The van der Waals surface area contributed by atoms with Gasteiger partial charge in [-0.1, -0.05) is 28.8 Å². The normalized spacial score (nSPS) is 21.6. The van der Waals surface area contributed by atoms with Crippen molar-refractivity contribution in [2.45, 2.75) is 36.6 Å². The van der Waals surface area contributed by atoms with Crippen LogP contribution in [0.1, 0.15) is 25.7 Å². The molecule has 1 fully saturated rings. The molecule has 1 atom stereocenters. The van der Waals surface area contributed by atoms with E-state index in [-0.39, 0.29) is 16.8 Å². The van der Waals surface area contributed by atoms with E-state index in [1.165, 1.54) is 22.5 Å². The van der Waals surface area contributed by atoms with Crippen LogP contribution in [0.3, 0.4) is 0 Å². The van der Waals surface area contributed by atoms with Gasteiger partial charge in [-0.25, -0.2) is 12.8 Å². The summed E-state index contributed by atoms with van der Waals surface area (Å²) < 4.78 is 41.1. The molecule has 1 aliphatic rings. The average molecular weight is 385 g/mol. The maximum atomic E-state index is 14.0. The van der Waals surface area contributed by atoms with Crippen molar-refractivity contribution < 1.29 is 12.8 Å². The first kappa shape index (κ1) is 16.2. The van der Waals surface area contributed by atoms with E-state index in [1.807, 2.05) is 0 Å². The summed E-state index contributed by atoms with van der Waals surface area (Å²) in [6, 6.07) is 3.74. The molecular weight excluding hydrogens is 369 g/mol. The third-order valence-electron chi connectivity index (χ3n) is 3.48. The number of sulfonamides is 1. The van der Waals surface area contributed by atoms with Gasteiger partial charge in [0.2, 0.25) is 10.0 Å². The molecule has 1 aliphatic heterocycles. The summed E-state index contributed by atoms with van der Waals surface area (Å²) in [7, 11) is -3.84. The Balaban J connectivity index is 2.41. The summed E-state index contributed by atoms with van der Waals surface area (Å²) >= 11 is 9.03. The molecule has 0 aromatic heterocycles. The Morgan fingerprint density at radius 3 is 2.75 bits per heavy atom. The molecule has 1 unspecified atom stereocenters.